The van der Waals surface area contributed by atoms with E-state index in [1.165, 1.54) is 0 Å². The molecule has 5 nitrogen and oxygen atoms in total. The quantitative estimate of drug-likeness (QED) is 0.417. The monoisotopic (exact) mass is 480 g/mol. The maximum atomic E-state index is 12.6. The Hall–Kier alpha value is -3.12. The SMILES string of the molecule is Cc1ccccc1C(=O)Nc1ccc(NC(=O)c2ccc(OCC(C)C)c(Br)c2)cc1. The van der Waals surface area contributed by atoms with Gasteiger partial charge in [-0.15, -0.1) is 0 Å². The Kier molecular flexibility index (Phi) is 7.47. The molecule has 0 saturated heterocycles. The smallest absolute Gasteiger partial charge is 0.255 e. The number of amides is 2. The van der Waals surface area contributed by atoms with Crippen molar-refractivity contribution < 1.29 is 14.3 Å². The fraction of sp³-hybridized carbons (Fsp3) is 0.200. The molecule has 0 radical (unpaired) electrons. The number of rotatable bonds is 7. The van der Waals surface area contributed by atoms with Gasteiger partial charge in [-0.2, -0.15) is 0 Å². The normalized spacial score (nSPS) is 10.6. The van der Waals surface area contributed by atoms with Crippen molar-refractivity contribution in [2.24, 2.45) is 5.92 Å². The number of carbonyl (C=O) groups is 2. The molecule has 3 aromatic carbocycles. The van der Waals surface area contributed by atoms with Crippen molar-refractivity contribution in [1.82, 2.24) is 0 Å². The van der Waals surface area contributed by atoms with Gasteiger partial charge in [0, 0.05) is 22.5 Å². The molecule has 0 aromatic heterocycles. The molecule has 0 aliphatic carbocycles. The molecule has 2 amide bonds. The summed E-state index contributed by atoms with van der Waals surface area (Å²) in [5.74, 6) is 0.727. The zero-order chi connectivity index (χ0) is 22.4. The third-order valence-corrected chi connectivity index (χ3v) is 5.18. The average Bonchev–Trinajstić information content (AvgIpc) is 2.74. The van der Waals surface area contributed by atoms with Crippen LogP contribution < -0.4 is 15.4 Å². The van der Waals surface area contributed by atoms with E-state index in [2.05, 4.69) is 40.4 Å². The molecule has 0 spiro atoms. The summed E-state index contributed by atoms with van der Waals surface area (Å²) in [4.78, 5) is 25.0. The molecule has 6 heteroatoms. The molecule has 0 unspecified atom stereocenters. The van der Waals surface area contributed by atoms with E-state index in [0.717, 1.165) is 10.0 Å². The van der Waals surface area contributed by atoms with Crippen molar-refractivity contribution >= 4 is 39.1 Å². The number of aryl methyl sites for hydroxylation is 1. The van der Waals surface area contributed by atoms with Crippen molar-refractivity contribution in [2.45, 2.75) is 20.8 Å². The Morgan fingerprint density at radius 1 is 0.903 bits per heavy atom. The molecule has 2 N–H and O–H groups in total. The highest BCUT2D eigenvalue weighted by molar-refractivity contribution is 9.10. The maximum Gasteiger partial charge on any atom is 0.255 e. The standard InChI is InChI=1S/C25H25BrN2O3/c1-16(2)15-31-23-13-8-18(14-22(23)26)24(29)27-19-9-11-20(12-10-19)28-25(30)21-7-5-4-6-17(21)3/h4-14,16H,15H2,1-3H3,(H,27,29)(H,28,30). The second-order valence-corrected chi connectivity index (χ2v) is 8.50. The van der Waals surface area contributed by atoms with E-state index < -0.39 is 0 Å². The Labute approximate surface area is 191 Å². The number of hydrogen-bond acceptors (Lipinski definition) is 3. The molecule has 3 aromatic rings. The number of nitrogens with one attached hydrogen (secondary N) is 2. The number of ether oxygens (including phenoxy) is 1. The lowest BCUT2D eigenvalue weighted by Crippen LogP contribution is -2.14. The number of halogens is 1. The summed E-state index contributed by atoms with van der Waals surface area (Å²) < 4.78 is 6.45. The Balaban J connectivity index is 1.62. The fourth-order valence-electron chi connectivity index (χ4n) is 2.88. The molecule has 0 aliphatic rings. The van der Waals surface area contributed by atoms with Gasteiger partial charge in [-0.25, -0.2) is 0 Å². The van der Waals surface area contributed by atoms with Crippen LogP contribution in [-0.2, 0) is 0 Å². The maximum absolute atomic E-state index is 12.6. The van der Waals surface area contributed by atoms with Crippen LogP contribution in [0.1, 0.15) is 40.1 Å². The molecular formula is C25H25BrN2O3. The van der Waals surface area contributed by atoms with Crippen molar-refractivity contribution in [1.29, 1.82) is 0 Å². The van der Waals surface area contributed by atoms with Crippen molar-refractivity contribution in [2.75, 3.05) is 17.2 Å². The molecule has 0 bridgehead atoms. The van der Waals surface area contributed by atoms with E-state index in [4.69, 9.17) is 4.74 Å². The first kappa shape index (κ1) is 22.6. The van der Waals surface area contributed by atoms with E-state index >= 15 is 0 Å². The van der Waals surface area contributed by atoms with Gasteiger partial charge in [0.1, 0.15) is 5.75 Å². The summed E-state index contributed by atoms with van der Waals surface area (Å²) in [5, 5.41) is 5.74. The minimum absolute atomic E-state index is 0.167. The fourth-order valence-corrected chi connectivity index (χ4v) is 3.38. The highest BCUT2D eigenvalue weighted by atomic mass is 79.9. The lowest BCUT2D eigenvalue weighted by molar-refractivity contribution is 0.101. The van der Waals surface area contributed by atoms with Gasteiger partial charge in [0.25, 0.3) is 11.8 Å². The van der Waals surface area contributed by atoms with Gasteiger partial charge in [-0.3, -0.25) is 9.59 Å². The van der Waals surface area contributed by atoms with E-state index in [1.54, 1.807) is 48.5 Å². The molecule has 31 heavy (non-hydrogen) atoms. The molecule has 0 atom stereocenters. The minimum atomic E-state index is -0.229. The van der Waals surface area contributed by atoms with E-state index in [-0.39, 0.29) is 11.8 Å². The second kappa shape index (κ2) is 10.3. The Bertz CT molecular complexity index is 1080. The molecule has 0 aliphatic heterocycles. The predicted octanol–water partition coefficient (Wildman–Crippen LogP) is 6.30. The lowest BCUT2D eigenvalue weighted by atomic mass is 10.1. The Morgan fingerprint density at radius 3 is 2.10 bits per heavy atom. The van der Waals surface area contributed by atoms with Crippen LogP contribution in [0.3, 0.4) is 0 Å². The first-order valence-corrected chi connectivity index (χ1v) is 10.8. The van der Waals surface area contributed by atoms with Crippen LogP contribution in [0.5, 0.6) is 5.75 Å². The molecule has 0 heterocycles. The lowest BCUT2D eigenvalue weighted by Gasteiger charge is -2.12. The van der Waals surface area contributed by atoms with E-state index in [0.29, 0.717) is 40.8 Å². The summed E-state index contributed by atoms with van der Waals surface area (Å²) in [6.45, 7) is 6.66. The predicted molar refractivity (Wildman–Crippen MR) is 128 cm³/mol. The van der Waals surface area contributed by atoms with Gasteiger partial charge in [0.05, 0.1) is 11.1 Å². The summed E-state index contributed by atoms with van der Waals surface area (Å²) >= 11 is 3.46. The third-order valence-electron chi connectivity index (χ3n) is 4.56. The first-order chi connectivity index (χ1) is 14.8. The van der Waals surface area contributed by atoms with Crippen molar-refractivity contribution in [3.8, 4) is 5.75 Å². The third kappa shape index (κ3) is 6.18. The summed E-state index contributed by atoms with van der Waals surface area (Å²) in [6, 6.07) is 19.7. The van der Waals surface area contributed by atoms with Gasteiger partial charge < -0.3 is 15.4 Å². The van der Waals surface area contributed by atoms with Crippen molar-refractivity contribution in [3.63, 3.8) is 0 Å². The summed E-state index contributed by atoms with van der Waals surface area (Å²) in [6.07, 6.45) is 0. The van der Waals surface area contributed by atoms with Gasteiger partial charge in [-0.05, 0) is 82.9 Å². The first-order valence-electron chi connectivity index (χ1n) is 10.0. The number of anilines is 2. The van der Waals surface area contributed by atoms with Crippen LogP contribution in [0.25, 0.3) is 0 Å². The number of hydrogen-bond donors (Lipinski definition) is 2. The van der Waals surface area contributed by atoms with Gasteiger partial charge in [0.2, 0.25) is 0 Å². The zero-order valence-corrected chi connectivity index (χ0v) is 19.3. The van der Waals surface area contributed by atoms with E-state index in [1.807, 2.05) is 25.1 Å². The Morgan fingerprint density at radius 2 is 1.52 bits per heavy atom. The molecule has 3 rings (SSSR count). The van der Waals surface area contributed by atoms with Crippen molar-refractivity contribution in [3.05, 3.63) is 87.9 Å². The van der Waals surface area contributed by atoms with Gasteiger partial charge in [0.15, 0.2) is 0 Å². The minimum Gasteiger partial charge on any atom is -0.492 e. The van der Waals surface area contributed by atoms with Crippen LogP contribution in [0.2, 0.25) is 0 Å². The number of carbonyl (C=O) groups excluding carboxylic acids is 2. The van der Waals surface area contributed by atoms with Gasteiger partial charge in [-0.1, -0.05) is 32.0 Å². The summed E-state index contributed by atoms with van der Waals surface area (Å²) in [5.41, 5.74) is 3.35. The van der Waals surface area contributed by atoms with Gasteiger partial charge >= 0.3 is 0 Å². The molecule has 0 saturated carbocycles. The van der Waals surface area contributed by atoms with Crippen LogP contribution >= 0.6 is 15.9 Å². The van der Waals surface area contributed by atoms with Crippen LogP contribution in [0, 0.1) is 12.8 Å². The van der Waals surface area contributed by atoms with Crippen LogP contribution in [0.4, 0.5) is 11.4 Å². The second-order valence-electron chi connectivity index (χ2n) is 7.65. The molecular weight excluding hydrogens is 456 g/mol. The number of benzene rings is 3. The van der Waals surface area contributed by atoms with E-state index in [9.17, 15) is 9.59 Å². The highest BCUT2D eigenvalue weighted by Gasteiger charge is 2.11. The molecule has 160 valence electrons. The average molecular weight is 481 g/mol. The topological polar surface area (TPSA) is 67.4 Å². The van der Waals surface area contributed by atoms with Crippen LogP contribution in [0.15, 0.2) is 71.2 Å². The summed E-state index contributed by atoms with van der Waals surface area (Å²) in [7, 11) is 0. The largest absolute Gasteiger partial charge is 0.492 e. The zero-order valence-electron chi connectivity index (χ0n) is 17.7. The molecule has 0 fully saturated rings. The van der Waals surface area contributed by atoms with Crippen LogP contribution in [-0.4, -0.2) is 18.4 Å². The highest BCUT2D eigenvalue weighted by Crippen LogP contribution is 2.27.